The van der Waals surface area contributed by atoms with Gasteiger partial charge in [0.15, 0.2) is 0 Å². The van der Waals surface area contributed by atoms with Gasteiger partial charge in [-0.2, -0.15) is 0 Å². The number of hydrogen-bond donors (Lipinski definition) is 2. The van der Waals surface area contributed by atoms with Crippen LogP contribution in [0.1, 0.15) is 33.1 Å². The van der Waals surface area contributed by atoms with Gasteiger partial charge in [0.05, 0.1) is 30.8 Å². The SMILES string of the molecule is CC(C)OCC(O)CC1(C(=O)O)CCCOC1. The number of carboxylic acid groups (broad SMARTS) is 1. The third kappa shape index (κ3) is 4.26. The van der Waals surface area contributed by atoms with Crippen molar-refractivity contribution in [3.05, 3.63) is 0 Å². The molecule has 0 radical (unpaired) electrons. The Hall–Kier alpha value is -0.650. The van der Waals surface area contributed by atoms with E-state index in [1.807, 2.05) is 13.8 Å². The lowest BCUT2D eigenvalue weighted by Gasteiger charge is -2.34. The zero-order valence-electron chi connectivity index (χ0n) is 10.5. The number of aliphatic hydroxyl groups excluding tert-OH is 1. The fourth-order valence-electron chi connectivity index (χ4n) is 2.08. The molecule has 0 aromatic rings. The first-order valence-corrected chi connectivity index (χ1v) is 6.07. The Morgan fingerprint density at radius 1 is 1.53 bits per heavy atom. The average molecular weight is 246 g/mol. The van der Waals surface area contributed by atoms with Crippen LogP contribution in [-0.4, -0.2) is 48.2 Å². The highest BCUT2D eigenvalue weighted by Crippen LogP contribution is 2.34. The third-order valence-corrected chi connectivity index (χ3v) is 3.02. The molecule has 1 rings (SSSR count). The molecule has 0 aromatic heterocycles. The zero-order valence-corrected chi connectivity index (χ0v) is 10.5. The van der Waals surface area contributed by atoms with E-state index in [1.165, 1.54) is 0 Å². The van der Waals surface area contributed by atoms with E-state index in [2.05, 4.69) is 0 Å². The molecule has 0 saturated carbocycles. The number of aliphatic carboxylic acids is 1. The predicted octanol–water partition coefficient (Wildman–Crippen LogP) is 1.04. The molecule has 17 heavy (non-hydrogen) atoms. The summed E-state index contributed by atoms with van der Waals surface area (Å²) in [5, 5.41) is 19.1. The van der Waals surface area contributed by atoms with Crippen LogP contribution in [0.25, 0.3) is 0 Å². The van der Waals surface area contributed by atoms with Crippen LogP contribution in [0, 0.1) is 5.41 Å². The van der Waals surface area contributed by atoms with Gasteiger partial charge in [0.1, 0.15) is 0 Å². The summed E-state index contributed by atoms with van der Waals surface area (Å²) in [5.41, 5.74) is -0.946. The lowest BCUT2D eigenvalue weighted by Crippen LogP contribution is -2.43. The highest BCUT2D eigenvalue weighted by Gasteiger charge is 2.42. The highest BCUT2D eigenvalue weighted by atomic mass is 16.5. The topological polar surface area (TPSA) is 76.0 Å². The van der Waals surface area contributed by atoms with E-state index in [4.69, 9.17) is 9.47 Å². The average Bonchev–Trinajstić information content (AvgIpc) is 2.27. The number of ether oxygens (including phenoxy) is 2. The molecule has 0 bridgehead atoms. The molecule has 1 fully saturated rings. The number of aliphatic hydroxyl groups is 1. The van der Waals surface area contributed by atoms with Gasteiger partial charge in [-0.3, -0.25) is 4.79 Å². The Balaban J connectivity index is 2.51. The molecule has 5 nitrogen and oxygen atoms in total. The molecular weight excluding hydrogens is 224 g/mol. The van der Waals surface area contributed by atoms with Crippen LogP contribution < -0.4 is 0 Å². The van der Waals surface area contributed by atoms with E-state index in [1.54, 1.807) is 0 Å². The summed E-state index contributed by atoms with van der Waals surface area (Å²) in [6.07, 6.45) is 0.753. The quantitative estimate of drug-likeness (QED) is 0.732. The largest absolute Gasteiger partial charge is 0.481 e. The molecule has 2 N–H and O–H groups in total. The van der Waals surface area contributed by atoms with Gasteiger partial charge in [-0.25, -0.2) is 0 Å². The Morgan fingerprint density at radius 2 is 2.24 bits per heavy atom. The second kappa shape index (κ2) is 6.33. The minimum Gasteiger partial charge on any atom is -0.481 e. The molecule has 100 valence electrons. The molecule has 1 aliphatic heterocycles. The van der Waals surface area contributed by atoms with Crippen molar-refractivity contribution in [1.82, 2.24) is 0 Å². The van der Waals surface area contributed by atoms with E-state index < -0.39 is 17.5 Å². The van der Waals surface area contributed by atoms with Crippen LogP contribution in [-0.2, 0) is 14.3 Å². The molecule has 0 aromatic carbocycles. The van der Waals surface area contributed by atoms with E-state index in [-0.39, 0.29) is 25.7 Å². The Morgan fingerprint density at radius 3 is 2.71 bits per heavy atom. The van der Waals surface area contributed by atoms with Crippen LogP contribution in [0.4, 0.5) is 0 Å². The summed E-state index contributed by atoms with van der Waals surface area (Å²) in [5.74, 6) is -0.888. The normalized spacial score (nSPS) is 27.1. The monoisotopic (exact) mass is 246 g/mol. The second-order valence-corrected chi connectivity index (χ2v) is 4.98. The Kier molecular flexibility index (Phi) is 5.36. The van der Waals surface area contributed by atoms with Gasteiger partial charge >= 0.3 is 5.97 Å². The van der Waals surface area contributed by atoms with E-state index >= 15 is 0 Å². The van der Waals surface area contributed by atoms with Crippen molar-refractivity contribution in [2.75, 3.05) is 19.8 Å². The maximum absolute atomic E-state index is 11.3. The predicted molar refractivity (Wildman–Crippen MR) is 61.8 cm³/mol. The van der Waals surface area contributed by atoms with Gasteiger partial charge in [-0.1, -0.05) is 0 Å². The van der Waals surface area contributed by atoms with Crippen LogP contribution in [0.3, 0.4) is 0 Å². The third-order valence-electron chi connectivity index (χ3n) is 3.02. The molecule has 0 amide bonds. The van der Waals surface area contributed by atoms with Gasteiger partial charge in [-0.05, 0) is 33.1 Å². The van der Waals surface area contributed by atoms with Crippen molar-refractivity contribution < 1.29 is 24.5 Å². The smallest absolute Gasteiger partial charge is 0.312 e. The summed E-state index contributed by atoms with van der Waals surface area (Å²) in [6, 6.07) is 0. The van der Waals surface area contributed by atoms with Crippen LogP contribution in [0.2, 0.25) is 0 Å². The van der Waals surface area contributed by atoms with Crippen molar-refractivity contribution in [2.24, 2.45) is 5.41 Å². The molecule has 1 heterocycles. The minimum absolute atomic E-state index is 0.0352. The lowest BCUT2D eigenvalue weighted by molar-refractivity contribution is -0.161. The summed E-state index contributed by atoms with van der Waals surface area (Å²) in [6.45, 7) is 4.72. The van der Waals surface area contributed by atoms with Crippen molar-refractivity contribution in [2.45, 2.75) is 45.3 Å². The van der Waals surface area contributed by atoms with Gasteiger partial charge in [0, 0.05) is 6.61 Å². The Bertz CT molecular complexity index is 245. The molecular formula is C12H22O5. The lowest BCUT2D eigenvalue weighted by atomic mass is 9.78. The van der Waals surface area contributed by atoms with Gasteiger partial charge in [-0.15, -0.1) is 0 Å². The molecule has 1 saturated heterocycles. The van der Waals surface area contributed by atoms with Crippen molar-refractivity contribution in [3.63, 3.8) is 0 Å². The first-order chi connectivity index (χ1) is 7.96. The van der Waals surface area contributed by atoms with E-state index in [0.29, 0.717) is 13.0 Å². The maximum atomic E-state index is 11.3. The number of rotatable bonds is 6. The zero-order chi connectivity index (χ0) is 12.9. The molecule has 5 heteroatoms. The van der Waals surface area contributed by atoms with E-state index in [9.17, 15) is 15.0 Å². The van der Waals surface area contributed by atoms with Crippen LogP contribution >= 0.6 is 0 Å². The minimum atomic E-state index is -0.946. The fraction of sp³-hybridized carbons (Fsp3) is 0.917. The molecule has 2 atom stereocenters. The summed E-state index contributed by atoms with van der Waals surface area (Å²) < 4.78 is 10.5. The Labute approximate surface area is 102 Å². The van der Waals surface area contributed by atoms with Crippen molar-refractivity contribution in [1.29, 1.82) is 0 Å². The van der Waals surface area contributed by atoms with Gasteiger partial charge in [0.25, 0.3) is 0 Å². The summed E-state index contributed by atoms with van der Waals surface area (Å²) in [7, 11) is 0. The first-order valence-electron chi connectivity index (χ1n) is 6.07. The maximum Gasteiger partial charge on any atom is 0.312 e. The fourth-order valence-corrected chi connectivity index (χ4v) is 2.08. The van der Waals surface area contributed by atoms with Gasteiger partial charge < -0.3 is 19.7 Å². The molecule has 2 unspecified atom stereocenters. The molecule has 0 aliphatic carbocycles. The van der Waals surface area contributed by atoms with E-state index in [0.717, 1.165) is 6.42 Å². The summed E-state index contributed by atoms with van der Waals surface area (Å²) >= 11 is 0. The highest BCUT2D eigenvalue weighted by molar-refractivity contribution is 5.75. The molecule has 0 spiro atoms. The van der Waals surface area contributed by atoms with Crippen molar-refractivity contribution in [3.8, 4) is 0 Å². The van der Waals surface area contributed by atoms with Crippen molar-refractivity contribution >= 4 is 5.97 Å². The second-order valence-electron chi connectivity index (χ2n) is 4.98. The van der Waals surface area contributed by atoms with Gasteiger partial charge in [0.2, 0.25) is 0 Å². The first kappa shape index (κ1) is 14.4. The number of carbonyl (C=O) groups is 1. The standard InChI is InChI=1S/C12H22O5/c1-9(2)17-7-10(13)6-12(11(14)15)4-3-5-16-8-12/h9-10,13H,3-8H2,1-2H3,(H,14,15). The molecule has 1 aliphatic rings. The number of carboxylic acids is 1. The number of hydrogen-bond acceptors (Lipinski definition) is 4. The van der Waals surface area contributed by atoms with Crippen LogP contribution in [0.5, 0.6) is 0 Å². The van der Waals surface area contributed by atoms with Crippen LogP contribution in [0.15, 0.2) is 0 Å². The summed E-state index contributed by atoms with van der Waals surface area (Å²) in [4.78, 5) is 11.3.